The zero-order chi connectivity index (χ0) is 19.7. The summed E-state index contributed by atoms with van der Waals surface area (Å²) >= 11 is 0. The van der Waals surface area contributed by atoms with Gasteiger partial charge in [0, 0.05) is 44.5 Å². The lowest BCUT2D eigenvalue weighted by atomic mass is 9.89. The number of pyridine rings is 1. The Hall–Kier alpha value is -3.47. The largest absolute Gasteiger partial charge is 0.353 e. The van der Waals surface area contributed by atoms with Crippen molar-refractivity contribution in [3.8, 4) is 6.07 Å². The van der Waals surface area contributed by atoms with Gasteiger partial charge in [-0.1, -0.05) is 6.07 Å². The van der Waals surface area contributed by atoms with Gasteiger partial charge in [-0.25, -0.2) is 9.37 Å². The molecule has 0 aliphatic carbocycles. The number of amides is 2. The number of hydrogen-bond donors (Lipinski definition) is 1. The third-order valence-corrected chi connectivity index (χ3v) is 5.14. The number of rotatable bonds is 2. The Morgan fingerprint density at radius 2 is 2.00 bits per heavy atom. The van der Waals surface area contributed by atoms with E-state index in [9.17, 15) is 14.0 Å². The molecule has 0 radical (unpaired) electrons. The van der Waals surface area contributed by atoms with E-state index in [1.54, 1.807) is 29.3 Å². The molecular weight excluding hydrogens is 361 g/mol. The van der Waals surface area contributed by atoms with Crippen LogP contribution in [0.3, 0.4) is 0 Å². The monoisotopic (exact) mass is 379 g/mol. The standard InChI is InChI=1S/C20H18FN5O2/c21-14-1-2-15-16(11-19(27)24-17(15)10-14)20(28)26-7-5-25(6-8-26)18-9-13(12-22)3-4-23-18/h1-4,9-10,16H,5-8,11H2,(H,24,27)/t16-/m0/s1. The summed E-state index contributed by atoms with van der Waals surface area (Å²) < 4.78 is 13.5. The Morgan fingerprint density at radius 3 is 2.75 bits per heavy atom. The summed E-state index contributed by atoms with van der Waals surface area (Å²) in [7, 11) is 0. The van der Waals surface area contributed by atoms with Crippen LogP contribution in [0.15, 0.2) is 36.5 Å². The maximum atomic E-state index is 13.5. The number of fused-ring (bicyclic) bond motifs is 1. The van der Waals surface area contributed by atoms with E-state index in [-0.39, 0.29) is 18.2 Å². The third kappa shape index (κ3) is 3.39. The zero-order valence-corrected chi connectivity index (χ0v) is 15.1. The van der Waals surface area contributed by atoms with Crippen molar-refractivity contribution < 1.29 is 14.0 Å². The van der Waals surface area contributed by atoms with Gasteiger partial charge in [0.15, 0.2) is 0 Å². The van der Waals surface area contributed by atoms with Crippen molar-refractivity contribution >= 4 is 23.3 Å². The summed E-state index contributed by atoms with van der Waals surface area (Å²) in [6.07, 6.45) is 1.66. The first kappa shape index (κ1) is 17.9. The smallest absolute Gasteiger partial charge is 0.230 e. The number of carbonyl (C=O) groups excluding carboxylic acids is 2. The fraction of sp³-hybridized carbons (Fsp3) is 0.300. The van der Waals surface area contributed by atoms with E-state index < -0.39 is 11.7 Å². The Bertz CT molecular complexity index is 979. The Kier molecular flexibility index (Phi) is 4.65. The number of carbonyl (C=O) groups is 2. The quantitative estimate of drug-likeness (QED) is 0.860. The SMILES string of the molecule is N#Cc1ccnc(N2CCN(C(=O)[C@H]3CC(=O)Nc4cc(F)ccc43)CC2)c1. The van der Waals surface area contributed by atoms with Crippen molar-refractivity contribution in [1.82, 2.24) is 9.88 Å². The minimum Gasteiger partial charge on any atom is -0.353 e. The number of nitriles is 1. The van der Waals surface area contributed by atoms with Gasteiger partial charge in [0.05, 0.1) is 17.6 Å². The first-order valence-electron chi connectivity index (χ1n) is 9.04. The number of nitrogens with one attached hydrogen (secondary N) is 1. The summed E-state index contributed by atoms with van der Waals surface area (Å²) in [6, 6.07) is 9.60. The molecule has 2 aromatic rings. The van der Waals surface area contributed by atoms with E-state index in [0.717, 1.165) is 0 Å². The molecular formula is C20H18FN5O2. The molecule has 2 amide bonds. The van der Waals surface area contributed by atoms with E-state index in [4.69, 9.17) is 5.26 Å². The molecule has 1 fully saturated rings. The highest BCUT2D eigenvalue weighted by molar-refractivity contribution is 6.01. The van der Waals surface area contributed by atoms with Gasteiger partial charge in [-0.3, -0.25) is 9.59 Å². The van der Waals surface area contributed by atoms with E-state index in [1.165, 1.54) is 12.1 Å². The summed E-state index contributed by atoms with van der Waals surface area (Å²) in [4.78, 5) is 33.1. The van der Waals surface area contributed by atoms with Crippen molar-refractivity contribution in [2.75, 3.05) is 36.4 Å². The molecule has 28 heavy (non-hydrogen) atoms. The Morgan fingerprint density at radius 1 is 1.21 bits per heavy atom. The molecule has 1 N–H and O–H groups in total. The van der Waals surface area contributed by atoms with E-state index in [2.05, 4.69) is 16.4 Å². The van der Waals surface area contributed by atoms with Gasteiger partial charge in [0.2, 0.25) is 11.8 Å². The second-order valence-electron chi connectivity index (χ2n) is 6.86. The maximum absolute atomic E-state index is 13.5. The second-order valence-corrected chi connectivity index (χ2v) is 6.86. The van der Waals surface area contributed by atoms with Gasteiger partial charge in [0.25, 0.3) is 0 Å². The van der Waals surface area contributed by atoms with Crippen molar-refractivity contribution in [2.45, 2.75) is 12.3 Å². The molecule has 0 unspecified atom stereocenters. The highest BCUT2D eigenvalue weighted by Gasteiger charge is 2.35. The predicted octanol–water partition coefficient (Wildman–Crippen LogP) is 1.87. The number of anilines is 2. The van der Waals surface area contributed by atoms with Gasteiger partial charge in [-0.15, -0.1) is 0 Å². The van der Waals surface area contributed by atoms with Gasteiger partial charge < -0.3 is 15.1 Å². The number of hydrogen-bond acceptors (Lipinski definition) is 5. The van der Waals surface area contributed by atoms with Crippen LogP contribution in [0.5, 0.6) is 0 Å². The predicted molar refractivity (Wildman–Crippen MR) is 100 cm³/mol. The minimum absolute atomic E-state index is 0.0590. The first-order chi connectivity index (χ1) is 13.5. The molecule has 0 spiro atoms. The topological polar surface area (TPSA) is 89.3 Å². The normalized spacial score (nSPS) is 18.9. The van der Waals surface area contributed by atoms with Crippen molar-refractivity contribution in [3.05, 3.63) is 53.5 Å². The molecule has 1 atom stereocenters. The summed E-state index contributed by atoms with van der Waals surface area (Å²) in [5.74, 6) is -0.749. The van der Waals surface area contributed by atoms with Crippen LogP contribution in [-0.4, -0.2) is 47.9 Å². The summed E-state index contributed by atoms with van der Waals surface area (Å²) in [6.45, 7) is 2.16. The van der Waals surface area contributed by atoms with Crippen LogP contribution < -0.4 is 10.2 Å². The van der Waals surface area contributed by atoms with Gasteiger partial charge in [-0.2, -0.15) is 5.26 Å². The molecule has 0 saturated carbocycles. The molecule has 1 aromatic heterocycles. The molecule has 142 valence electrons. The van der Waals surface area contributed by atoms with Crippen LogP contribution in [0.25, 0.3) is 0 Å². The van der Waals surface area contributed by atoms with Crippen molar-refractivity contribution in [1.29, 1.82) is 5.26 Å². The van der Waals surface area contributed by atoms with Crippen LogP contribution in [-0.2, 0) is 9.59 Å². The number of nitrogens with zero attached hydrogens (tertiary/aromatic N) is 4. The molecule has 2 aliphatic rings. The third-order valence-electron chi connectivity index (χ3n) is 5.14. The van der Waals surface area contributed by atoms with Crippen molar-refractivity contribution in [3.63, 3.8) is 0 Å². The van der Waals surface area contributed by atoms with E-state index in [0.29, 0.717) is 48.8 Å². The highest BCUT2D eigenvalue weighted by Crippen LogP contribution is 2.34. The summed E-state index contributed by atoms with van der Waals surface area (Å²) in [5, 5.41) is 11.7. The lowest BCUT2D eigenvalue weighted by Gasteiger charge is -2.38. The van der Waals surface area contributed by atoms with E-state index in [1.807, 2.05) is 4.90 Å². The molecule has 1 saturated heterocycles. The van der Waals surface area contributed by atoms with Crippen LogP contribution in [0, 0.1) is 17.1 Å². The fourth-order valence-electron chi connectivity index (χ4n) is 3.69. The first-order valence-corrected chi connectivity index (χ1v) is 9.04. The fourth-order valence-corrected chi connectivity index (χ4v) is 3.69. The maximum Gasteiger partial charge on any atom is 0.230 e. The number of benzene rings is 1. The lowest BCUT2D eigenvalue weighted by Crippen LogP contribution is -2.51. The van der Waals surface area contributed by atoms with Crippen LogP contribution >= 0.6 is 0 Å². The molecule has 8 heteroatoms. The zero-order valence-electron chi connectivity index (χ0n) is 15.1. The van der Waals surface area contributed by atoms with Gasteiger partial charge in [0.1, 0.15) is 11.6 Å². The molecule has 2 aliphatic heterocycles. The average Bonchev–Trinajstić information content (AvgIpc) is 2.72. The highest BCUT2D eigenvalue weighted by atomic mass is 19.1. The molecule has 3 heterocycles. The molecule has 4 rings (SSSR count). The van der Waals surface area contributed by atoms with Gasteiger partial charge >= 0.3 is 0 Å². The lowest BCUT2D eigenvalue weighted by molar-refractivity contribution is -0.135. The van der Waals surface area contributed by atoms with Crippen LogP contribution in [0.2, 0.25) is 0 Å². The number of halogens is 1. The van der Waals surface area contributed by atoms with Crippen LogP contribution in [0.1, 0.15) is 23.5 Å². The average molecular weight is 379 g/mol. The Balaban J connectivity index is 1.47. The van der Waals surface area contributed by atoms with Crippen molar-refractivity contribution in [2.24, 2.45) is 0 Å². The minimum atomic E-state index is -0.601. The second kappa shape index (κ2) is 7.27. The van der Waals surface area contributed by atoms with E-state index >= 15 is 0 Å². The number of aromatic nitrogens is 1. The Labute approximate surface area is 161 Å². The molecule has 7 nitrogen and oxygen atoms in total. The van der Waals surface area contributed by atoms with Crippen LogP contribution in [0.4, 0.5) is 15.9 Å². The molecule has 1 aromatic carbocycles. The number of piperazine rings is 1. The van der Waals surface area contributed by atoms with Gasteiger partial charge in [-0.05, 0) is 29.8 Å². The summed E-state index contributed by atoms with van der Waals surface area (Å²) in [5.41, 5.74) is 1.56. The molecule has 0 bridgehead atoms.